The molecule has 1 amide bonds. The molecule has 1 heterocycles. The number of amides is 1. The van der Waals surface area contributed by atoms with Gasteiger partial charge in [0.05, 0.1) is 17.7 Å². The van der Waals surface area contributed by atoms with Crippen molar-refractivity contribution in [2.45, 2.75) is 19.4 Å². The molecule has 0 bridgehead atoms. The number of carbonyl (C=O) groups excluding carboxylic acids is 1. The molecule has 2 N–H and O–H groups in total. The van der Waals surface area contributed by atoms with E-state index in [0.29, 0.717) is 18.0 Å². The van der Waals surface area contributed by atoms with Crippen molar-refractivity contribution in [3.8, 4) is 0 Å². The molecule has 1 rings (SSSR count). The first-order valence-electron chi connectivity index (χ1n) is 5.54. The molecule has 0 fully saturated rings. The van der Waals surface area contributed by atoms with Gasteiger partial charge in [-0.2, -0.15) is 0 Å². The van der Waals surface area contributed by atoms with Gasteiger partial charge in [0.25, 0.3) is 5.91 Å². The second-order valence-corrected chi connectivity index (χ2v) is 5.49. The van der Waals surface area contributed by atoms with E-state index < -0.39 is 5.54 Å². The Bertz CT molecular complexity index is 435. The van der Waals surface area contributed by atoms with Crippen molar-refractivity contribution in [2.75, 3.05) is 26.1 Å². The van der Waals surface area contributed by atoms with Gasteiger partial charge in [-0.05, 0) is 35.8 Å². The summed E-state index contributed by atoms with van der Waals surface area (Å²) in [5, 5.41) is 5.81. The number of nitrogens with zero attached hydrogens (tertiary/aromatic N) is 1. The summed E-state index contributed by atoms with van der Waals surface area (Å²) in [4.78, 5) is 16.3. The van der Waals surface area contributed by atoms with Crippen molar-refractivity contribution < 1.29 is 9.53 Å². The van der Waals surface area contributed by atoms with E-state index >= 15 is 0 Å². The number of pyridine rings is 1. The van der Waals surface area contributed by atoms with Gasteiger partial charge in [0.15, 0.2) is 0 Å². The molecule has 0 atom stereocenters. The lowest BCUT2D eigenvalue weighted by Crippen LogP contribution is -2.47. The highest BCUT2D eigenvalue weighted by atomic mass is 79.9. The molecular weight excluding hydrogens is 298 g/mol. The van der Waals surface area contributed by atoms with E-state index in [4.69, 9.17) is 4.74 Å². The molecule has 0 unspecified atom stereocenters. The number of anilines is 1. The van der Waals surface area contributed by atoms with Gasteiger partial charge < -0.3 is 15.4 Å². The van der Waals surface area contributed by atoms with Crippen LogP contribution in [0.2, 0.25) is 0 Å². The number of ether oxygens (including phenoxy) is 1. The highest BCUT2D eigenvalue weighted by Gasteiger charge is 2.23. The van der Waals surface area contributed by atoms with E-state index in [9.17, 15) is 4.79 Å². The zero-order valence-electron chi connectivity index (χ0n) is 11.0. The van der Waals surface area contributed by atoms with Crippen molar-refractivity contribution in [2.24, 2.45) is 0 Å². The second kappa shape index (κ2) is 6.15. The van der Waals surface area contributed by atoms with E-state index in [2.05, 4.69) is 31.5 Å². The summed E-state index contributed by atoms with van der Waals surface area (Å²) in [6.45, 7) is 4.24. The van der Waals surface area contributed by atoms with Crippen LogP contribution in [0.4, 0.5) is 5.82 Å². The molecular formula is C12H18BrN3O2. The molecule has 1 aromatic heterocycles. The minimum atomic E-state index is -0.431. The summed E-state index contributed by atoms with van der Waals surface area (Å²) >= 11 is 3.31. The highest BCUT2D eigenvalue weighted by Crippen LogP contribution is 2.18. The summed E-state index contributed by atoms with van der Waals surface area (Å²) in [5.41, 5.74) is 0.0650. The smallest absolute Gasteiger partial charge is 0.255 e. The van der Waals surface area contributed by atoms with Crippen LogP contribution in [-0.4, -0.2) is 37.2 Å². The molecule has 0 aliphatic heterocycles. The van der Waals surface area contributed by atoms with Gasteiger partial charge in [0.1, 0.15) is 5.82 Å². The molecule has 0 aromatic carbocycles. The normalized spacial score (nSPS) is 11.2. The van der Waals surface area contributed by atoms with Gasteiger partial charge in [-0.15, -0.1) is 0 Å². The van der Waals surface area contributed by atoms with E-state index in [-0.39, 0.29) is 5.91 Å². The first-order valence-corrected chi connectivity index (χ1v) is 6.33. The van der Waals surface area contributed by atoms with Crippen LogP contribution < -0.4 is 10.6 Å². The van der Waals surface area contributed by atoms with Crippen LogP contribution in [0.15, 0.2) is 16.7 Å². The predicted molar refractivity (Wildman–Crippen MR) is 74.9 cm³/mol. The quantitative estimate of drug-likeness (QED) is 0.873. The number of aromatic nitrogens is 1. The highest BCUT2D eigenvalue weighted by molar-refractivity contribution is 9.10. The third-order valence-electron chi connectivity index (χ3n) is 2.29. The van der Waals surface area contributed by atoms with E-state index in [1.165, 1.54) is 0 Å². The Balaban J connectivity index is 2.93. The maximum absolute atomic E-state index is 12.2. The fourth-order valence-corrected chi connectivity index (χ4v) is 1.91. The van der Waals surface area contributed by atoms with E-state index in [1.54, 1.807) is 26.4 Å². The number of nitrogens with one attached hydrogen (secondary N) is 2. The Morgan fingerprint density at radius 1 is 1.56 bits per heavy atom. The van der Waals surface area contributed by atoms with Gasteiger partial charge in [-0.1, -0.05) is 0 Å². The minimum absolute atomic E-state index is 0.185. The Kier molecular flexibility index (Phi) is 5.10. The number of rotatable bonds is 5. The van der Waals surface area contributed by atoms with Gasteiger partial charge in [-0.25, -0.2) is 4.98 Å². The largest absolute Gasteiger partial charge is 0.382 e. The SMILES string of the molecule is CNc1ncc(Br)cc1C(=O)NC(C)(C)COC. The van der Waals surface area contributed by atoms with Crippen LogP contribution in [0.25, 0.3) is 0 Å². The first-order chi connectivity index (χ1) is 8.39. The fraction of sp³-hybridized carbons (Fsp3) is 0.500. The summed E-state index contributed by atoms with van der Waals surface area (Å²) < 4.78 is 5.83. The Morgan fingerprint density at radius 2 is 2.22 bits per heavy atom. The standard InChI is InChI=1S/C12H18BrN3O2/c1-12(2,7-18-4)16-11(17)9-5-8(13)6-15-10(9)14-3/h5-6H,7H2,1-4H3,(H,14,15)(H,16,17). The number of hydrogen-bond donors (Lipinski definition) is 2. The molecule has 100 valence electrons. The summed E-state index contributed by atoms with van der Waals surface area (Å²) in [5.74, 6) is 0.360. The topological polar surface area (TPSA) is 63.2 Å². The van der Waals surface area contributed by atoms with Gasteiger partial charge in [0, 0.05) is 24.8 Å². The van der Waals surface area contributed by atoms with Crippen LogP contribution >= 0.6 is 15.9 Å². The minimum Gasteiger partial charge on any atom is -0.382 e. The Morgan fingerprint density at radius 3 is 2.78 bits per heavy atom. The molecule has 5 nitrogen and oxygen atoms in total. The van der Waals surface area contributed by atoms with E-state index in [0.717, 1.165) is 4.47 Å². The monoisotopic (exact) mass is 315 g/mol. The van der Waals surface area contributed by atoms with Crippen LogP contribution in [0.1, 0.15) is 24.2 Å². The second-order valence-electron chi connectivity index (χ2n) is 4.57. The van der Waals surface area contributed by atoms with Crippen molar-refractivity contribution in [1.82, 2.24) is 10.3 Å². The van der Waals surface area contributed by atoms with Crippen molar-refractivity contribution in [3.05, 3.63) is 22.3 Å². The molecule has 18 heavy (non-hydrogen) atoms. The molecule has 0 aliphatic rings. The molecule has 1 aromatic rings. The van der Waals surface area contributed by atoms with Gasteiger partial charge in [0.2, 0.25) is 0 Å². The maximum atomic E-state index is 12.2. The average molecular weight is 316 g/mol. The molecule has 0 saturated carbocycles. The average Bonchev–Trinajstić information content (AvgIpc) is 2.28. The van der Waals surface area contributed by atoms with E-state index in [1.807, 2.05) is 13.8 Å². The third-order valence-corrected chi connectivity index (χ3v) is 2.73. The van der Waals surface area contributed by atoms with Crippen molar-refractivity contribution in [3.63, 3.8) is 0 Å². The van der Waals surface area contributed by atoms with Crippen LogP contribution in [0.3, 0.4) is 0 Å². The fourth-order valence-electron chi connectivity index (χ4n) is 1.58. The molecule has 0 saturated heterocycles. The number of hydrogen-bond acceptors (Lipinski definition) is 4. The van der Waals surface area contributed by atoms with Gasteiger partial charge >= 0.3 is 0 Å². The molecule has 0 spiro atoms. The lowest BCUT2D eigenvalue weighted by Gasteiger charge is -2.25. The third kappa shape index (κ3) is 3.96. The zero-order chi connectivity index (χ0) is 13.8. The van der Waals surface area contributed by atoms with Crippen molar-refractivity contribution in [1.29, 1.82) is 0 Å². The van der Waals surface area contributed by atoms with Crippen LogP contribution in [0.5, 0.6) is 0 Å². The zero-order valence-corrected chi connectivity index (χ0v) is 12.6. The predicted octanol–water partition coefficient (Wildman–Crippen LogP) is 2.04. The lowest BCUT2D eigenvalue weighted by molar-refractivity contribution is 0.0820. The lowest BCUT2D eigenvalue weighted by atomic mass is 10.1. The summed E-state index contributed by atoms with van der Waals surface area (Å²) in [7, 11) is 3.33. The Labute approximate surface area is 115 Å². The molecule has 6 heteroatoms. The Hall–Kier alpha value is -1.14. The van der Waals surface area contributed by atoms with Gasteiger partial charge in [-0.3, -0.25) is 4.79 Å². The van der Waals surface area contributed by atoms with Crippen LogP contribution in [0, 0.1) is 0 Å². The maximum Gasteiger partial charge on any atom is 0.255 e. The first kappa shape index (κ1) is 14.9. The van der Waals surface area contributed by atoms with Crippen molar-refractivity contribution >= 4 is 27.7 Å². The summed E-state index contributed by atoms with van der Waals surface area (Å²) in [6.07, 6.45) is 1.64. The van der Waals surface area contributed by atoms with Crippen LogP contribution in [-0.2, 0) is 4.74 Å². The molecule has 0 radical (unpaired) electrons. The number of carbonyl (C=O) groups is 1. The number of halogens is 1. The molecule has 0 aliphatic carbocycles. The number of methoxy groups -OCH3 is 1. The summed E-state index contributed by atoms with van der Waals surface area (Å²) in [6, 6.07) is 1.73.